The molecule has 2 heteroatoms. The minimum atomic E-state index is -0.265. The Morgan fingerprint density at radius 3 is 2.24 bits per heavy atom. The van der Waals surface area contributed by atoms with Gasteiger partial charge >= 0.3 is 5.97 Å². The van der Waals surface area contributed by atoms with Crippen LogP contribution in [-0.4, -0.2) is 12.6 Å². The van der Waals surface area contributed by atoms with E-state index in [1.807, 2.05) is 66.7 Å². The van der Waals surface area contributed by atoms with E-state index >= 15 is 0 Å². The predicted molar refractivity (Wildman–Crippen MR) is 86.6 cm³/mol. The zero-order valence-corrected chi connectivity index (χ0v) is 12.3. The number of hydrogen-bond acceptors (Lipinski definition) is 2. The summed E-state index contributed by atoms with van der Waals surface area (Å²) in [6.45, 7) is 2.54. The van der Waals surface area contributed by atoms with Crippen LogP contribution in [-0.2, 0) is 9.53 Å². The van der Waals surface area contributed by atoms with Gasteiger partial charge in [-0.3, -0.25) is 0 Å². The van der Waals surface area contributed by atoms with Crippen LogP contribution in [0.2, 0.25) is 0 Å². The molecule has 0 saturated carbocycles. The SMILES string of the molecule is CCCCOC(=O)/C(=C\c1ccccc1)c1ccccc1. The summed E-state index contributed by atoms with van der Waals surface area (Å²) in [6.07, 6.45) is 3.78. The third-order valence-corrected chi connectivity index (χ3v) is 3.15. The number of carbonyl (C=O) groups is 1. The van der Waals surface area contributed by atoms with Gasteiger partial charge in [-0.25, -0.2) is 4.79 Å². The first-order chi connectivity index (χ1) is 10.3. The van der Waals surface area contributed by atoms with Gasteiger partial charge in [0.1, 0.15) is 0 Å². The smallest absolute Gasteiger partial charge is 0.338 e. The van der Waals surface area contributed by atoms with Gasteiger partial charge in [-0.15, -0.1) is 0 Å². The highest BCUT2D eigenvalue weighted by Crippen LogP contribution is 2.20. The molecule has 108 valence electrons. The topological polar surface area (TPSA) is 26.3 Å². The Morgan fingerprint density at radius 2 is 1.62 bits per heavy atom. The minimum Gasteiger partial charge on any atom is -0.462 e. The fourth-order valence-electron chi connectivity index (χ4n) is 1.98. The fourth-order valence-corrected chi connectivity index (χ4v) is 1.98. The molecule has 2 aromatic rings. The molecule has 0 amide bonds. The summed E-state index contributed by atoms with van der Waals surface area (Å²) in [4.78, 5) is 12.3. The summed E-state index contributed by atoms with van der Waals surface area (Å²) in [5.41, 5.74) is 2.46. The molecule has 0 heterocycles. The van der Waals surface area contributed by atoms with Gasteiger partial charge in [0.05, 0.1) is 12.2 Å². The zero-order chi connectivity index (χ0) is 14.9. The lowest BCUT2D eigenvalue weighted by Crippen LogP contribution is -2.08. The number of carbonyl (C=O) groups excluding carboxylic acids is 1. The van der Waals surface area contributed by atoms with Gasteiger partial charge in [-0.2, -0.15) is 0 Å². The molecule has 0 fully saturated rings. The monoisotopic (exact) mass is 280 g/mol. The van der Waals surface area contributed by atoms with Gasteiger partial charge in [-0.1, -0.05) is 74.0 Å². The molecule has 0 aliphatic heterocycles. The van der Waals surface area contributed by atoms with Gasteiger partial charge in [0, 0.05) is 0 Å². The molecule has 21 heavy (non-hydrogen) atoms. The van der Waals surface area contributed by atoms with Crippen LogP contribution in [0.5, 0.6) is 0 Å². The van der Waals surface area contributed by atoms with E-state index in [4.69, 9.17) is 4.74 Å². The second kappa shape index (κ2) is 8.05. The Hall–Kier alpha value is -2.35. The van der Waals surface area contributed by atoms with Crippen molar-refractivity contribution in [2.75, 3.05) is 6.61 Å². The average Bonchev–Trinajstić information content (AvgIpc) is 2.54. The van der Waals surface area contributed by atoms with Gasteiger partial charge in [0.25, 0.3) is 0 Å². The summed E-state index contributed by atoms with van der Waals surface area (Å²) < 4.78 is 5.36. The van der Waals surface area contributed by atoms with E-state index in [1.165, 1.54) is 0 Å². The van der Waals surface area contributed by atoms with Crippen LogP contribution in [0.3, 0.4) is 0 Å². The largest absolute Gasteiger partial charge is 0.462 e. The van der Waals surface area contributed by atoms with E-state index in [0.717, 1.165) is 24.0 Å². The van der Waals surface area contributed by atoms with E-state index in [0.29, 0.717) is 12.2 Å². The van der Waals surface area contributed by atoms with Crippen LogP contribution in [0.4, 0.5) is 0 Å². The first-order valence-electron chi connectivity index (χ1n) is 7.30. The molecule has 0 N–H and O–H groups in total. The number of hydrogen-bond donors (Lipinski definition) is 0. The molecule has 0 aliphatic rings. The lowest BCUT2D eigenvalue weighted by molar-refractivity contribution is -0.136. The van der Waals surface area contributed by atoms with Crippen LogP contribution < -0.4 is 0 Å². The maximum atomic E-state index is 12.3. The fraction of sp³-hybridized carbons (Fsp3) is 0.211. The van der Waals surface area contributed by atoms with Crippen molar-refractivity contribution < 1.29 is 9.53 Å². The maximum Gasteiger partial charge on any atom is 0.338 e. The summed E-state index contributed by atoms with van der Waals surface area (Å²) in [6, 6.07) is 19.5. The highest BCUT2D eigenvalue weighted by Gasteiger charge is 2.13. The normalized spacial score (nSPS) is 11.2. The van der Waals surface area contributed by atoms with Crippen molar-refractivity contribution in [3.8, 4) is 0 Å². The Morgan fingerprint density at radius 1 is 1.00 bits per heavy atom. The third kappa shape index (κ3) is 4.60. The van der Waals surface area contributed by atoms with Crippen LogP contribution in [0.25, 0.3) is 11.6 Å². The first kappa shape index (κ1) is 15.0. The summed E-state index contributed by atoms with van der Waals surface area (Å²) in [5.74, 6) is -0.265. The van der Waals surface area contributed by atoms with Crippen molar-refractivity contribution in [3.05, 3.63) is 71.8 Å². The number of benzene rings is 2. The summed E-state index contributed by atoms with van der Waals surface area (Å²) in [7, 11) is 0. The van der Waals surface area contributed by atoms with Crippen molar-refractivity contribution in [2.45, 2.75) is 19.8 Å². The molecule has 0 radical (unpaired) electrons. The molecule has 0 bridgehead atoms. The van der Waals surface area contributed by atoms with E-state index in [1.54, 1.807) is 0 Å². The molecule has 2 nitrogen and oxygen atoms in total. The molecule has 0 aromatic heterocycles. The molecule has 2 aromatic carbocycles. The number of unbranched alkanes of at least 4 members (excludes halogenated alkanes) is 1. The molecule has 0 atom stereocenters. The molecule has 0 aliphatic carbocycles. The zero-order valence-electron chi connectivity index (χ0n) is 12.3. The Kier molecular flexibility index (Phi) is 5.77. The second-order valence-electron chi connectivity index (χ2n) is 4.82. The molecule has 0 saturated heterocycles. The number of esters is 1. The second-order valence-corrected chi connectivity index (χ2v) is 4.82. The van der Waals surface area contributed by atoms with Crippen LogP contribution in [0.1, 0.15) is 30.9 Å². The van der Waals surface area contributed by atoms with E-state index in [9.17, 15) is 4.79 Å². The van der Waals surface area contributed by atoms with Gasteiger partial charge in [0.2, 0.25) is 0 Å². The number of ether oxygens (including phenoxy) is 1. The van der Waals surface area contributed by atoms with Crippen molar-refractivity contribution in [2.24, 2.45) is 0 Å². The van der Waals surface area contributed by atoms with Crippen LogP contribution in [0, 0.1) is 0 Å². The highest BCUT2D eigenvalue weighted by molar-refractivity contribution is 6.21. The Labute approximate surface area is 126 Å². The quantitative estimate of drug-likeness (QED) is 0.335. The molecule has 0 unspecified atom stereocenters. The lowest BCUT2D eigenvalue weighted by Gasteiger charge is -2.08. The Balaban J connectivity index is 2.27. The Bertz CT molecular complexity index is 585. The van der Waals surface area contributed by atoms with Crippen molar-refractivity contribution in [3.63, 3.8) is 0 Å². The minimum absolute atomic E-state index is 0.265. The van der Waals surface area contributed by atoms with Crippen molar-refractivity contribution >= 4 is 17.6 Å². The van der Waals surface area contributed by atoms with Crippen LogP contribution in [0.15, 0.2) is 60.7 Å². The summed E-state index contributed by atoms with van der Waals surface area (Å²) in [5, 5.41) is 0. The standard InChI is InChI=1S/C19H20O2/c1-2-3-14-21-19(20)18(17-12-8-5-9-13-17)15-16-10-6-4-7-11-16/h4-13,15H,2-3,14H2,1H3/b18-15-. The maximum absolute atomic E-state index is 12.3. The highest BCUT2D eigenvalue weighted by atomic mass is 16.5. The lowest BCUT2D eigenvalue weighted by atomic mass is 10.0. The first-order valence-corrected chi connectivity index (χ1v) is 7.30. The van der Waals surface area contributed by atoms with Crippen molar-refractivity contribution in [1.29, 1.82) is 0 Å². The molecular weight excluding hydrogens is 260 g/mol. The summed E-state index contributed by atoms with van der Waals surface area (Å²) >= 11 is 0. The number of rotatable bonds is 6. The predicted octanol–water partition coefficient (Wildman–Crippen LogP) is 4.57. The molecule has 2 rings (SSSR count). The molecular formula is C19H20O2. The van der Waals surface area contributed by atoms with Gasteiger partial charge in [-0.05, 0) is 23.6 Å². The van der Waals surface area contributed by atoms with E-state index in [2.05, 4.69) is 6.92 Å². The molecule has 0 spiro atoms. The van der Waals surface area contributed by atoms with Crippen molar-refractivity contribution in [1.82, 2.24) is 0 Å². The van der Waals surface area contributed by atoms with E-state index < -0.39 is 0 Å². The van der Waals surface area contributed by atoms with Crippen LogP contribution >= 0.6 is 0 Å². The average molecular weight is 280 g/mol. The third-order valence-electron chi connectivity index (χ3n) is 3.15. The van der Waals surface area contributed by atoms with Gasteiger partial charge in [0.15, 0.2) is 0 Å². The van der Waals surface area contributed by atoms with E-state index in [-0.39, 0.29) is 5.97 Å². The van der Waals surface area contributed by atoms with Gasteiger partial charge < -0.3 is 4.74 Å².